The van der Waals surface area contributed by atoms with Crippen LogP contribution in [0.1, 0.15) is 48.4 Å². The Morgan fingerprint density at radius 3 is 2.44 bits per heavy atom. The highest BCUT2D eigenvalue weighted by Crippen LogP contribution is 2.55. The predicted molar refractivity (Wildman–Crippen MR) is 150 cm³/mol. The molecule has 41 heavy (non-hydrogen) atoms. The van der Waals surface area contributed by atoms with Crippen molar-refractivity contribution in [1.29, 1.82) is 0 Å². The lowest BCUT2D eigenvalue weighted by Crippen LogP contribution is -2.65. The number of anilines is 1. The molecule has 1 aromatic rings. The van der Waals surface area contributed by atoms with Gasteiger partial charge in [-0.3, -0.25) is 24.2 Å². The van der Waals surface area contributed by atoms with E-state index in [1.807, 2.05) is 7.05 Å². The summed E-state index contributed by atoms with van der Waals surface area (Å²) in [6.07, 6.45) is 3.70. The number of primary amides is 1. The quantitative estimate of drug-likeness (QED) is 0.327. The van der Waals surface area contributed by atoms with Crippen LogP contribution >= 0.6 is 0 Å². The minimum atomic E-state index is -2.64. The van der Waals surface area contributed by atoms with E-state index in [1.54, 1.807) is 20.2 Å². The number of benzene rings is 1. The molecule has 0 saturated heterocycles. The number of phenolic OH excluding ortho intramolecular Hbond substituents is 1. The fraction of sp³-hybridized carbons (Fsp3) is 0.567. The van der Waals surface area contributed by atoms with Crippen LogP contribution in [0.15, 0.2) is 23.0 Å². The van der Waals surface area contributed by atoms with E-state index in [0.717, 1.165) is 36.3 Å². The molecule has 220 valence electrons. The Balaban J connectivity index is 1.51. The molecule has 4 aliphatic carbocycles. The van der Waals surface area contributed by atoms with Gasteiger partial charge in [-0.15, -0.1) is 0 Å². The molecule has 11 heteroatoms. The minimum Gasteiger partial charge on any atom is -0.508 e. The summed E-state index contributed by atoms with van der Waals surface area (Å²) in [7, 11) is 7.26. The molecule has 0 radical (unpaired) electrons. The van der Waals surface area contributed by atoms with E-state index >= 15 is 0 Å². The number of ketones is 2. The van der Waals surface area contributed by atoms with Crippen LogP contribution in [0.25, 0.3) is 5.76 Å². The van der Waals surface area contributed by atoms with Gasteiger partial charge in [0.1, 0.15) is 22.8 Å². The van der Waals surface area contributed by atoms with Crippen LogP contribution in [0.4, 0.5) is 5.69 Å². The van der Waals surface area contributed by atoms with E-state index in [-0.39, 0.29) is 35.8 Å². The van der Waals surface area contributed by atoms with Gasteiger partial charge in [-0.25, -0.2) is 0 Å². The fourth-order valence-corrected chi connectivity index (χ4v) is 7.91. The van der Waals surface area contributed by atoms with E-state index in [9.17, 15) is 34.8 Å². The molecule has 2 saturated carbocycles. The molecule has 0 spiro atoms. The third-order valence-electron chi connectivity index (χ3n) is 9.98. The van der Waals surface area contributed by atoms with Crippen molar-refractivity contribution in [3.8, 4) is 5.75 Å². The molecule has 2 fully saturated rings. The van der Waals surface area contributed by atoms with Crippen molar-refractivity contribution in [3.63, 3.8) is 0 Å². The van der Waals surface area contributed by atoms with E-state index in [1.165, 1.54) is 17.7 Å². The third-order valence-corrected chi connectivity index (χ3v) is 9.98. The molecule has 6 rings (SSSR count). The summed E-state index contributed by atoms with van der Waals surface area (Å²) in [5.74, 6) is -5.69. The van der Waals surface area contributed by atoms with Crippen LogP contribution in [0.3, 0.4) is 0 Å². The second kappa shape index (κ2) is 9.30. The Kier molecular flexibility index (Phi) is 6.29. The highest BCUT2D eigenvalue weighted by molar-refractivity contribution is 6.24. The molecule has 0 aromatic heterocycles. The monoisotopic (exact) mass is 566 g/mol. The molecule has 11 nitrogen and oxygen atoms in total. The number of aliphatic hydroxyl groups excluding tert-OH is 2. The molecule has 0 bridgehead atoms. The molecule has 1 aromatic carbocycles. The molecule has 6 N–H and O–H groups in total. The van der Waals surface area contributed by atoms with Gasteiger partial charge in [-0.2, -0.15) is 0 Å². The zero-order chi connectivity index (χ0) is 29.7. The van der Waals surface area contributed by atoms with Crippen LogP contribution in [-0.4, -0.2) is 101 Å². The average molecular weight is 567 g/mol. The lowest BCUT2D eigenvalue weighted by molar-refractivity contribution is -0.153. The number of phenols is 1. The third kappa shape index (κ3) is 3.85. The summed E-state index contributed by atoms with van der Waals surface area (Å²) in [4.78, 5) is 45.5. The molecular weight excluding hydrogens is 528 g/mol. The van der Waals surface area contributed by atoms with Crippen molar-refractivity contribution >= 4 is 28.9 Å². The number of nitrogens with zero attached hydrogens (tertiary/aromatic N) is 3. The number of likely N-dealkylation sites (N-methyl/N-ethyl adjacent to an activating group) is 1. The van der Waals surface area contributed by atoms with Crippen molar-refractivity contribution < 1.29 is 34.8 Å². The summed E-state index contributed by atoms with van der Waals surface area (Å²) in [5, 5.41) is 45.7. The second-order valence-electron chi connectivity index (χ2n) is 12.8. The maximum atomic E-state index is 14.1. The van der Waals surface area contributed by atoms with Gasteiger partial charge in [0.15, 0.2) is 11.4 Å². The number of aromatic hydroxyl groups is 1. The van der Waals surface area contributed by atoms with Crippen LogP contribution in [0, 0.1) is 17.8 Å². The smallest absolute Gasteiger partial charge is 0.255 e. The van der Waals surface area contributed by atoms with Gasteiger partial charge in [0.25, 0.3) is 5.91 Å². The summed E-state index contributed by atoms with van der Waals surface area (Å²) in [6, 6.07) is 0.657. The summed E-state index contributed by atoms with van der Waals surface area (Å²) in [5.41, 5.74) is 4.56. The van der Waals surface area contributed by atoms with Crippen LogP contribution in [0.5, 0.6) is 5.75 Å². The van der Waals surface area contributed by atoms with E-state index in [2.05, 4.69) is 16.8 Å². The Labute approximate surface area is 238 Å². The molecular formula is C30H38N4O7. The lowest BCUT2D eigenvalue weighted by atomic mass is 9.57. The molecule has 5 atom stereocenters. The zero-order valence-electron chi connectivity index (χ0n) is 23.8. The summed E-state index contributed by atoms with van der Waals surface area (Å²) in [6.45, 7) is 1.75. The standard InChI is InChI=1S/C30H38N4O7/c1-32(2)24-17-10-14-9-16-21(25(36)20(14)27(38)30(17,41)28(39)22(26(24)37)29(31)40)19(35)11-15-18(7-8-33(3)23(15)16)34(4)12-13-5-6-13/h11,13-14,17-18,24,35-36,39,41H,5-10,12H2,1-4H3,(H2,31,40)/t14-,17-,18?,24-,30+/m1/s1. The maximum absolute atomic E-state index is 14.1. The largest absolute Gasteiger partial charge is 0.508 e. The Morgan fingerprint density at radius 2 is 1.83 bits per heavy atom. The number of Topliss-reactive ketones (excluding diaryl/α,β-unsaturated/α-hetero) is 2. The number of carbonyl (C=O) groups excluding carboxylic acids is 3. The second-order valence-corrected chi connectivity index (χ2v) is 12.8. The van der Waals surface area contributed by atoms with Gasteiger partial charge in [0.05, 0.1) is 11.6 Å². The number of carbonyl (C=O) groups is 3. The lowest BCUT2D eigenvalue weighted by Gasteiger charge is -2.50. The van der Waals surface area contributed by atoms with E-state index < -0.39 is 58.0 Å². The van der Waals surface area contributed by atoms with Crippen molar-refractivity contribution in [2.24, 2.45) is 23.5 Å². The van der Waals surface area contributed by atoms with Crippen LogP contribution in [-0.2, 0) is 20.8 Å². The van der Waals surface area contributed by atoms with Crippen molar-refractivity contribution in [1.82, 2.24) is 9.80 Å². The normalized spacial score (nSPS) is 31.3. The Morgan fingerprint density at radius 1 is 1.15 bits per heavy atom. The SMILES string of the molecule is CN1CCC(N(C)CC2CC2)c2cc(O)c3c(c21)C[C@@H]1C[C@@H]2[C@@H](N(C)C)C(=O)C(C(N)=O)=C(O)[C@@]2(O)C(=O)C1=C3O. The number of rotatable bonds is 5. The fourth-order valence-electron chi connectivity index (χ4n) is 7.91. The minimum absolute atomic E-state index is 0.0743. The molecule has 1 aliphatic heterocycles. The number of aliphatic hydroxyl groups is 3. The van der Waals surface area contributed by atoms with Gasteiger partial charge in [0, 0.05) is 43.4 Å². The van der Waals surface area contributed by atoms with E-state index in [0.29, 0.717) is 5.92 Å². The van der Waals surface area contributed by atoms with Crippen LogP contribution < -0.4 is 10.6 Å². The number of fused-ring (bicyclic) bond motifs is 5. The first-order chi connectivity index (χ1) is 19.3. The number of hydrogen-bond donors (Lipinski definition) is 5. The van der Waals surface area contributed by atoms with Gasteiger partial charge < -0.3 is 31.1 Å². The highest BCUT2D eigenvalue weighted by Gasteiger charge is 2.64. The molecule has 1 amide bonds. The summed E-state index contributed by atoms with van der Waals surface area (Å²) >= 11 is 0. The van der Waals surface area contributed by atoms with Gasteiger partial charge in [-0.05, 0) is 82.3 Å². The first-order valence-electron chi connectivity index (χ1n) is 14.2. The molecule has 5 aliphatic rings. The number of hydrogen-bond acceptors (Lipinski definition) is 10. The average Bonchev–Trinajstić information content (AvgIpc) is 3.69. The predicted octanol–water partition coefficient (Wildman–Crippen LogP) is 1.19. The van der Waals surface area contributed by atoms with E-state index in [4.69, 9.17) is 5.73 Å². The summed E-state index contributed by atoms with van der Waals surface area (Å²) < 4.78 is 0. The first-order valence-corrected chi connectivity index (χ1v) is 14.2. The number of amides is 1. The first kappa shape index (κ1) is 27.7. The zero-order valence-corrected chi connectivity index (χ0v) is 23.8. The highest BCUT2D eigenvalue weighted by atomic mass is 16.3. The Bertz CT molecular complexity index is 1440. The van der Waals surface area contributed by atoms with Gasteiger partial charge in [0.2, 0.25) is 5.78 Å². The molecule has 1 unspecified atom stereocenters. The van der Waals surface area contributed by atoms with Crippen molar-refractivity contribution in [2.75, 3.05) is 46.2 Å². The van der Waals surface area contributed by atoms with Crippen molar-refractivity contribution in [2.45, 2.75) is 49.8 Å². The molecule has 1 heterocycles. The van der Waals surface area contributed by atoms with Crippen molar-refractivity contribution in [3.05, 3.63) is 39.7 Å². The van der Waals surface area contributed by atoms with Gasteiger partial charge >= 0.3 is 0 Å². The Hall–Kier alpha value is -3.41. The van der Waals surface area contributed by atoms with Crippen LogP contribution in [0.2, 0.25) is 0 Å². The number of nitrogens with two attached hydrogens (primary N) is 1. The topological polar surface area (TPSA) is 168 Å². The maximum Gasteiger partial charge on any atom is 0.255 e. The van der Waals surface area contributed by atoms with Gasteiger partial charge in [-0.1, -0.05) is 0 Å².